The summed E-state index contributed by atoms with van der Waals surface area (Å²) in [6.07, 6.45) is 1.44. The van der Waals surface area contributed by atoms with Crippen LogP contribution in [0.2, 0.25) is 0 Å². The Morgan fingerprint density at radius 3 is 2.64 bits per heavy atom. The summed E-state index contributed by atoms with van der Waals surface area (Å²) in [5.41, 5.74) is 2.37. The fraction of sp³-hybridized carbons (Fsp3) is 0.556. The van der Waals surface area contributed by atoms with E-state index in [0.717, 1.165) is 6.42 Å². The second kappa shape index (κ2) is 7.15. The number of carbonyl (C=O) groups is 2. The molecule has 0 spiro atoms. The molecule has 0 aliphatic carbocycles. The highest BCUT2D eigenvalue weighted by molar-refractivity contribution is 7.91. The molecular formula is C18H24N2O4S. The number of carbonyl (C=O) groups excluding carboxylic acids is 2. The molecule has 0 saturated carbocycles. The van der Waals surface area contributed by atoms with Crippen LogP contribution in [0.25, 0.3) is 0 Å². The van der Waals surface area contributed by atoms with Gasteiger partial charge in [0.2, 0.25) is 11.8 Å². The number of aryl methyl sites for hydroxylation is 1. The van der Waals surface area contributed by atoms with E-state index in [2.05, 4.69) is 17.4 Å². The van der Waals surface area contributed by atoms with Crippen LogP contribution in [-0.4, -0.2) is 55.8 Å². The molecule has 2 atom stereocenters. The Bertz CT molecular complexity index is 758. The zero-order valence-electron chi connectivity index (χ0n) is 14.4. The molecule has 6 nitrogen and oxygen atoms in total. The number of rotatable bonds is 5. The quantitative estimate of drug-likeness (QED) is 0.833. The second-order valence-electron chi connectivity index (χ2n) is 7.08. The predicted molar refractivity (Wildman–Crippen MR) is 94.8 cm³/mol. The lowest BCUT2D eigenvalue weighted by Gasteiger charge is -2.17. The van der Waals surface area contributed by atoms with Crippen molar-refractivity contribution in [3.63, 3.8) is 0 Å². The molecule has 0 bridgehead atoms. The van der Waals surface area contributed by atoms with Gasteiger partial charge in [0.05, 0.1) is 17.4 Å². The van der Waals surface area contributed by atoms with Crippen LogP contribution in [0.5, 0.6) is 0 Å². The fourth-order valence-corrected chi connectivity index (χ4v) is 5.08. The van der Waals surface area contributed by atoms with Gasteiger partial charge in [0.25, 0.3) is 0 Å². The first-order valence-electron chi connectivity index (χ1n) is 8.66. The highest BCUT2D eigenvalue weighted by Gasteiger charge is 2.36. The van der Waals surface area contributed by atoms with Crippen LogP contribution >= 0.6 is 0 Å². The number of nitrogens with zero attached hydrogens (tertiary/aromatic N) is 1. The molecule has 3 rings (SSSR count). The first-order chi connectivity index (χ1) is 11.8. The maximum absolute atomic E-state index is 12.3. The number of amides is 2. The molecule has 1 aromatic rings. The van der Waals surface area contributed by atoms with Gasteiger partial charge in [-0.05, 0) is 25.3 Å². The Labute approximate surface area is 148 Å². The zero-order chi connectivity index (χ0) is 18.0. The third-order valence-electron chi connectivity index (χ3n) is 4.96. The lowest BCUT2D eigenvalue weighted by atomic mass is 10.1. The van der Waals surface area contributed by atoms with Gasteiger partial charge in [-0.1, -0.05) is 29.8 Å². The summed E-state index contributed by atoms with van der Waals surface area (Å²) >= 11 is 0. The summed E-state index contributed by atoms with van der Waals surface area (Å²) in [6.45, 7) is 3.05. The van der Waals surface area contributed by atoms with Gasteiger partial charge >= 0.3 is 0 Å². The Morgan fingerprint density at radius 2 is 2.00 bits per heavy atom. The number of benzene rings is 1. The Balaban J connectivity index is 1.49. The van der Waals surface area contributed by atoms with Gasteiger partial charge in [-0.25, -0.2) is 8.42 Å². The zero-order valence-corrected chi connectivity index (χ0v) is 15.2. The van der Waals surface area contributed by atoms with E-state index in [1.54, 1.807) is 4.90 Å². The highest BCUT2D eigenvalue weighted by atomic mass is 32.2. The minimum absolute atomic E-state index is 0.00805. The monoisotopic (exact) mass is 364 g/mol. The molecule has 7 heteroatoms. The van der Waals surface area contributed by atoms with E-state index in [9.17, 15) is 18.0 Å². The van der Waals surface area contributed by atoms with Crippen molar-refractivity contribution in [1.82, 2.24) is 10.2 Å². The standard InChI is InChI=1S/C18H24N2O4S/c1-13-2-4-14(5-3-13)6-8-20-11-15(10-17(20)21)18(22)19-16-7-9-25(23,24)12-16/h2-5,15-16H,6-12H2,1H3,(H,19,22). The Morgan fingerprint density at radius 1 is 1.28 bits per heavy atom. The van der Waals surface area contributed by atoms with E-state index < -0.39 is 9.84 Å². The smallest absolute Gasteiger partial charge is 0.225 e. The minimum atomic E-state index is -3.02. The molecule has 2 saturated heterocycles. The Kier molecular flexibility index (Phi) is 5.13. The van der Waals surface area contributed by atoms with Crippen molar-refractivity contribution < 1.29 is 18.0 Å². The van der Waals surface area contributed by atoms with Crippen LogP contribution in [0, 0.1) is 12.8 Å². The number of sulfone groups is 1. The molecule has 136 valence electrons. The average molecular weight is 364 g/mol. The van der Waals surface area contributed by atoms with Crippen molar-refractivity contribution in [1.29, 1.82) is 0 Å². The van der Waals surface area contributed by atoms with Crippen LogP contribution in [-0.2, 0) is 25.8 Å². The molecule has 0 aromatic heterocycles. The van der Waals surface area contributed by atoms with Gasteiger partial charge in [0, 0.05) is 25.6 Å². The maximum Gasteiger partial charge on any atom is 0.225 e. The molecule has 2 unspecified atom stereocenters. The summed E-state index contributed by atoms with van der Waals surface area (Å²) in [5, 5.41) is 2.80. The molecule has 25 heavy (non-hydrogen) atoms. The molecule has 0 radical (unpaired) electrons. The first-order valence-corrected chi connectivity index (χ1v) is 10.5. The minimum Gasteiger partial charge on any atom is -0.352 e. The molecule has 2 heterocycles. The molecule has 2 fully saturated rings. The summed E-state index contributed by atoms with van der Waals surface area (Å²) in [5.74, 6) is -0.450. The van der Waals surface area contributed by atoms with Gasteiger partial charge in [0.1, 0.15) is 0 Å². The van der Waals surface area contributed by atoms with Gasteiger partial charge in [-0.3, -0.25) is 9.59 Å². The van der Waals surface area contributed by atoms with Gasteiger partial charge in [-0.2, -0.15) is 0 Å². The highest BCUT2D eigenvalue weighted by Crippen LogP contribution is 2.20. The molecular weight excluding hydrogens is 340 g/mol. The lowest BCUT2D eigenvalue weighted by Crippen LogP contribution is -2.40. The van der Waals surface area contributed by atoms with Crippen molar-refractivity contribution >= 4 is 21.7 Å². The fourth-order valence-electron chi connectivity index (χ4n) is 3.41. The van der Waals surface area contributed by atoms with E-state index in [0.29, 0.717) is 19.5 Å². The number of likely N-dealkylation sites (tertiary alicyclic amines) is 1. The van der Waals surface area contributed by atoms with Crippen molar-refractivity contribution in [3.8, 4) is 0 Å². The summed E-state index contributed by atoms with van der Waals surface area (Å²) in [7, 11) is -3.02. The SMILES string of the molecule is Cc1ccc(CCN2CC(C(=O)NC3CCS(=O)(=O)C3)CC2=O)cc1. The molecule has 1 aromatic carbocycles. The number of hydrogen-bond donors (Lipinski definition) is 1. The van der Waals surface area contributed by atoms with Crippen LogP contribution in [0.3, 0.4) is 0 Å². The largest absolute Gasteiger partial charge is 0.352 e. The van der Waals surface area contributed by atoms with Crippen molar-refractivity contribution in [3.05, 3.63) is 35.4 Å². The van der Waals surface area contributed by atoms with Crippen LogP contribution in [0.4, 0.5) is 0 Å². The normalized spacial score (nSPS) is 25.3. The maximum atomic E-state index is 12.3. The molecule has 1 N–H and O–H groups in total. The van der Waals surface area contributed by atoms with Crippen molar-refractivity contribution in [2.75, 3.05) is 24.6 Å². The summed E-state index contributed by atoms with van der Waals surface area (Å²) in [4.78, 5) is 26.2. The van der Waals surface area contributed by atoms with Crippen molar-refractivity contribution in [2.45, 2.75) is 32.2 Å². The number of hydrogen-bond acceptors (Lipinski definition) is 4. The van der Waals surface area contributed by atoms with Crippen LogP contribution < -0.4 is 5.32 Å². The van der Waals surface area contributed by atoms with E-state index in [-0.39, 0.29) is 41.7 Å². The van der Waals surface area contributed by atoms with Gasteiger partial charge in [-0.15, -0.1) is 0 Å². The first kappa shape index (κ1) is 17.9. The van der Waals surface area contributed by atoms with Gasteiger partial charge in [0.15, 0.2) is 9.84 Å². The van der Waals surface area contributed by atoms with E-state index in [1.807, 2.05) is 19.1 Å². The summed E-state index contributed by atoms with van der Waals surface area (Å²) < 4.78 is 23.0. The van der Waals surface area contributed by atoms with E-state index >= 15 is 0 Å². The molecule has 2 amide bonds. The Hall–Kier alpha value is -1.89. The second-order valence-corrected chi connectivity index (χ2v) is 9.31. The third-order valence-corrected chi connectivity index (χ3v) is 6.72. The van der Waals surface area contributed by atoms with Crippen LogP contribution in [0.1, 0.15) is 24.0 Å². The number of nitrogens with one attached hydrogen (secondary N) is 1. The predicted octanol–water partition coefficient (Wildman–Crippen LogP) is 0.689. The van der Waals surface area contributed by atoms with Gasteiger partial charge < -0.3 is 10.2 Å². The van der Waals surface area contributed by atoms with E-state index in [4.69, 9.17) is 0 Å². The lowest BCUT2D eigenvalue weighted by molar-refractivity contribution is -0.129. The molecule has 2 aliphatic heterocycles. The van der Waals surface area contributed by atoms with E-state index in [1.165, 1.54) is 11.1 Å². The van der Waals surface area contributed by atoms with Crippen LogP contribution in [0.15, 0.2) is 24.3 Å². The average Bonchev–Trinajstić information content (AvgIpc) is 3.09. The molecule has 2 aliphatic rings. The summed E-state index contributed by atoms with van der Waals surface area (Å²) in [6, 6.07) is 7.90. The third kappa shape index (κ3) is 4.60. The topological polar surface area (TPSA) is 83.6 Å². The van der Waals surface area contributed by atoms with Crippen molar-refractivity contribution in [2.24, 2.45) is 5.92 Å².